The molecule has 0 bridgehead atoms. The first-order valence-electron chi connectivity index (χ1n) is 14.3. The number of nitrogens with two attached hydrogens (primary N) is 1. The second-order valence-electron chi connectivity index (χ2n) is 8.78. The summed E-state index contributed by atoms with van der Waals surface area (Å²) in [5, 5.41) is 11.6. The van der Waals surface area contributed by atoms with Gasteiger partial charge in [-0.25, -0.2) is 0 Å². The average molecular weight is 562 g/mol. The third-order valence-corrected chi connectivity index (χ3v) is 6.09. The average Bonchev–Trinajstić information content (AvgIpc) is 3.44. The Morgan fingerprint density at radius 3 is 2.05 bits per heavy atom. The second kappa shape index (κ2) is 27.5. The maximum absolute atomic E-state index is 9.24. The Bertz CT molecular complexity index is 1060. The number of unbranched alkanes of at least 4 members (excludes halogenated alkanes) is 1. The summed E-state index contributed by atoms with van der Waals surface area (Å²) in [6.45, 7) is 18.1. The number of hydrogen-bond donors (Lipinski definition) is 1. The minimum atomic E-state index is 0.236. The van der Waals surface area contributed by atoms with Crippen molar-refractivity contribution in [1.29, 1.82) is 5.26 Å². The number of halogens is 1. The third-order valence-electron chi connectivity index (χ3n) is 6.09. The standard InChI is InChI=1S/C16H22N2.C12H8.C3H9N.C2H6.C2H4.CH3Cl/c1-2-3-9-15-12-18(13-16(15)10-17)11-14-7-5-4-6-8-14;1-2-10-7-5-8-11-6-3-4-9-12(10)11;1-2-3-4;3*1-2/h4-8,15-16H,2-3,9,11-13H2,1H3;1,3-9H;2-4H2,1H3;1-2H3;1-2H2;1H3/t15-,16?;;;;;/m1...../s1. The van der Waals surface area contributed by atoms with E-state index < -0.39 is 0 Å². The van der Waals surface area contributed by atoms with E-state index >= 15 is 0 Å². The van der Waals surface area contributed by atoms with E-state index in [4.69, 9.17) is 12.2 Å². The van der Waals surface area contributed by atoms with Gasteiger partial charge in [-0.3, -0.25) is 4.90 Å². The van der Waals surface area contributed by atoms with E-state index in [1.54, 1.807) is 0 Å². The first kappa shape index (κ1) is 39.1. The number of likely N-dealkylation sites (tertiary alicyclic amines) is 1. The van der Waals surface area contributed by atoms with E-state index in [1.807, 2.05) is 44.2 Å². The highest BCUT2D eigenvalue weighted by atomic mass is 35.5. The molecular formula is C36H52ClN3. The molecule has 1 saturated heterocycles. The first-order valence-corrected chi connectivity index (χ1v) is 15.1. The zero-order valence-electron chi connectivity index (χ0n) is 25.6. The minimum Gasteiger partial charge on any atom is -0.330 e. The molecule has 1 fully saturated rings. The molecule has 0 spiro atoms. The fraction of sp³-hybridized carbons (Fsp3) is 0.417. The number of benzene rings is 3. The lowest BCUT2D eigenvalue weighted by molar-refractivity contribution is 0.311. The second-order valence-corrected chi connectivity index (χ2v) is 8.78. The summed E-state index contributed by atoms with van der Waals surface area (Å²) >= 11 is 4.64. The normalized spacial score (nSPS) is 14.8. The summed E-state index contributed by atoms with van der Waals surface area (Å²) < 4.78 is 0. The van der Waals surface area contributed by atoms with Gasteiger partial charge < -0.3 is 5.73 Å². The van der Waals surface area contributed by atoms with Crippen LogP contribution in [0.5, 0.6) is 0 Å². The van der Waals surface area contributed by atoms with Gasteiger partial charge in [0.05, 0.1) is 12.0 Å². The number of terminal acetylenes is 1. The number of nitrogens with zero attached hydrogens (tertiary/aromatic N) is 2. The number of rotatable bonds is 6. The monoisotopic (exact) mass is 561 g/mol. The van der Waals surface area contributed by atoms with Crippen molar-refractivity contribution in [2.45, 2.75) is 59.9 Å². The number of alkyl halides is 1. The first-order chi connectivity index (χ1) is 19.7. The predicted octanol–water partition coefficient (Wildman–Crippen LogP) is 9.31. The molecule has 1 aliphatic rings. The van der Waals surface area contributed by atoms with Gasteiger partial charge in [0, 0.05) is 31.6 Å². The van der Waals surface area contributed by atoms with E-state index in [9.17, 15) is 5.26 Å². The Kier molecular flexibility index (Phi) is 26.8. The van der Waals surface area contributed by atoms with Crippen molar-refractivity contribution in [2.75, 3.05) is 26.0 Å². The predicted molar refractivity (Wildman–Crippen MR) is 179 cm³/mol. The van der Waals surface area contributed by atoms with Gasteiger partial charge in [-0.15, -0.1) is 31.2 Å². The lowest BCUT2D eigenvalue weighted by Gasteiger charge is -2.15. The largest absolute Gasteiger partial charge is 0.330 e. The molecule has 2 N–H and O–H groups in total. The van der Waals surface area contributed by atoms with Crippen molar-refractivity contribution in [3.63, 3.8) is 0 Å². The van der Waals surface area contributed by atoms with Crippen molar-refractivity contribution >= 4 is 22.4 Å². The van der Waals surface area contributed by atoms with E-state index in [0.717, 1.165) is 43.5 Å². The van der Waals surface area contributed by atoms with Gasteiger partial charge in [0.2, 0.25) is 0 Å². The van der Waals surface area contributed by atoms with E-state index in [2.05, 4.69) is 98.0 Å². The molecule has 0 aliphatic carbocycles. The Morgan fingerprint density at radius 1 is 0.925 bits per heavy atom. The van der Waals surface area contributed by atoms with Crippen LogP contribution < -0.4 is 5.73 Å². The number of nitriles is 1. The Labute approximate surface area is 251 Å². The summed E-state index contributed by atoms with van der Waals surface area (Å²) in [4.78, 5) is 2.43. The van der Waals surface area contributed by atoms with Gasteiger partial charge in [-0.2, -0.15) is 5.26 Å². The Balaban J connectivity index is 0. The SMILES string of the molecule is C#Cc1cccc2ccccc12.C=C.CC.CCCC[C@@H]1CN(Cc2ccccc2)CC1C#N.CCCN.CCl. The van der Waals surface area contributed by atoms with Gasteiger partial charge >= 0.3 is 0 Å². The fourth-order valence-corrected chi connectivity index (χ4v) is 4.19. The van der Waals surface area contributed by atoms with Crippen LogP contribution in [0.2, 0.25) is 0 Å². The van der Waals surface area contributed by atoms with Crippen molar-refractivity contribution in [2.24, 2.45) is 17.6 Å². The van der Waals surface area contributed by atoms with Gasteiger partial charge in [0.1, 0.15) is 0 Å². The molecule has 3 nitrogen and oxygen atoms in total. The number of fused-ring (bicyclic) bond motifs is 1. The van der Waals surface area contributed by atoms with Crippen LogP contribution in [0.3, 0.4) is 0 Å². The summed E-state index contributed by atoms with van der Waals surface area (Å²) in [5.41, 5.74) is 7.35. The molecule has 3 aromatic carbocycles. The maximum atomic E-state index is 9.24. The molecule has 1 heterocycles. The molecule has 0 saturated carbocycles. The van der Waals surface area contributed by atoms with Crippen LogP contribution in [0.4, 0.5) is 0 Å². The highest BCUT2D eigenvalue weighted by Crippen LogP contribution is 2.28. The molecule has 40 heavy (non-hydrogen) atoms. The summed E-state index contributed by atoms with van der Waals surface area (Å²) in [6, 6.07) is 27.2. The van der Waals surface area contributed by atoms with Crippen molar-refractivity contribution in [3.05, 3.63) is 97.1 Å². The zero-order valence-corrected chi connectivity index (χ0v) is 26.3. The van der Waals surface area contributed by atoms with Crippen LogP contribution in [0.1, 0.15) is 64.5 Å². The quantitative estimate of drug-likeness (QED) is 0.185. The van der Waals surface area contributed by atoms with E-state index in [0.29, 0.717) is 5.92 Å². The molecule has 4 heteroatoms. The zero-order chi connectivity index (χ0) is 30.6. The highest BCUT2D eigenvalue weighted by Gasteiger charge is 2.31. The van der Waals surface area contributed by atoms with Crippen LogP contribution in [-0.4, -0.2) is 30.9 Å². The maximum Gasteiger partial charge on any atom is 0.0672 e. The van der Waals surface area contributed by atoms with Crippen LogP contribution >= 0.6 is 11.6 Å². The van der Waals surface area contributed by atoms with Gasteiger partial charge in [-0.05, 0) is 47.7 Å². The van der Waals surface area contributed by atoms with Crippen LogP contribution in [0, 0.1) is 35.5 Å². The lowest BCUT2D eigenvalue weighted by Crippen LogP contribution is -2.20. The molecule has 1 unspecified atom stereocenters. The van der Waals surface area contributed by atoms with Crippen LogP contribution in [0.25, 0.3) is 10.8 Å². The molecule has 4 rings (SSSR count). The van der Waals surface area contributed by atoms with Crippen molar-refractivity contribution in [1.82, 2.24) is 4.90 Å². The molecule has 0 radical (unpaired) electrons. The molecular weight excluding hydrogens is 510 g/mol. The Hall–Kier alpha value is -3.08. The van der Waals surface area contributed by atoms with Crippen molar-refractivity contribution < 1.29 is 0 Å². The summed E-state index contributed by atoms with van der Waals surface area (Å²) in [7, 11) is 0. The Morgan fingerprint density at radius 2 is 1.50 bits per heavy atom. The topological polar surface area (TPSA) is 53.0 Å². The van der Waals surface area contributed by atoms with Crippen molar-refractivity contribution in [3.8, 4) is 18.4 Å². The molecule has 0 aromatic heterocycles. The molecule has 3 aromatic rings. The molecule has 0 amide bonds. The summed E-state index contributed by atoms with van der Waals surface area (Å²) in [5.74, 6) is 3.49. The van der Waals surface area contributed by atoms with Crippen LogP contribution in [0.15, 0.2) is 86.0 Å². The lowest BCUT2D eigenvalue weighted by atomic mass is 9.92. The minimum absolute atomic E-state index is 0.236. The smallest absolute Gasteiger partial charge is 0.0672 e. The van der Waals surface area contributed by atoms with Gasteiger partial charge in [0.25, 0.3) is 0 Å². The summed E-state index contributed by atoms with van der Waals surface area (Å²) in [6.07, 6.45) is 11.6. The van der Waals surface area contributed by atoms with Gasteiger partial charge in [-0.1, -0.05) is 113 Å². The highest BCUT2D eigenvalue weighted by molar-refractivity contribution is 6.15. The third kappa shape index (κ3) is 15.5. The van der Waals surface area contributed by atoms with E-state index in [-0.39, 0.29) is 5.92 Å². The molecule has 218 valence electrons. The van der Waals surface area contributed by atoms with E-state index in [1.165, 1.54) is 36.6 Å². The fourth-order valence-electron chi connectivity index (χ4n) is 4.19. The molecule has 1 aliphatic heterocycles. The molecule has 2 atom stereocenters. The number of hydrogen-bond acceptors (Lipinski definition) is 3. The van der Waals surface area contributed by atoms with Gasteiger partial charge in [0.15, 0.2) is 0 Å². The van der Waals surface area contributed by atoms with Crippen LogP contribution in [-0.2, 0) is 6.54 Å².